The topological polar surface area (TPSA) is 111 Å². The molecule has 104 valence electrons. The number of hydrogen-bond acceptors (Lipinski definition) is 6. The molecule has 0 unspecified atom stereocenters. The maximum Gasteiger partial charge on any atom is 0.351 e. The summed E-state index contributed by atoms with van der Waals surface area (Å²) in [6.07, 6.45) is 1.22. The minimum absolute atomic E-state index is 0.120. The van der Waals surface area contributed by atoms with Gasteiger partial charge in [-0.2, -0.15) is 4.98 Å². The number of aliphatic hydroxyl groups excluding tert-OH is 2. The third kappa shape index (κ3) is 2.86. The molecule has 2 rings (SSSR count). The third-order valence-electron chi connectivity index (χ3n) is 2.95. The van der Waals surface area contributed by atoms with Crippen molar-refractivity contribution in [3.8, 4) is 0 Å². The Kier molecular flexibility index (Phi) is 4.35. The number of nitrogen functional groups attached to an aromatic ring is 1. The molecule has 0 aliphatic carbocycles. The standard InChI is InChI=1S/C11H14BrN3O4/c12-2-1-6-4-15(11(18)14-10(6)13)9-3-7(17)8(5-16)19-9/h1-2,4,7-9,16-17H,3,5H2,(H2,13,14,18)/t7-,8+,9-/m1/s1. The van der Waals surface area contributed by atoms with Crippen LogP contribution in [-0.4, -0.2) is 38.6 Å². The molecule has 7 nitrogen and oxygen atoms in total. The molecule has 1 aromatic heterocycles. The van der Waals surface area contributed by atoms with E-state index in [1.165, 1.54) is 10.8 Å². The minimum atomic E-state index is -0.811. The molecule has 1 fully saturated rings. The number of aliphatic hydroxyl groups is 2. The number of nitrogens with zero attached hydrogens (tertiary/aromatic N) is 2. The number of nitrogens with two attached hydrogens (primary N) is 1. The predicted octanol–water partition coefficient (Wildman–Crippen LogP) is -0.168. The number of aromatic nitrogens is 2. The van der Waals surface area contributed by atoms with Gasteiger partial charge in [0.15, 0.2) is 0 Å². The van der Waals surface area contributed by atoms with Crippen molar-refractivity contribution < 1.29 is 14.9 Å². The lowest BCUT2D eigenvalue weighted by Crippen LogP contribution is -2.28. The molecule has 0 radical (unpaired) electrons. The zero-order valence-corrected chi connectivity index (χ0v) is 11.5. The minimum Gasteiger partial charge on any atom is -0.394 e. The van der Waals surface area contributed by atoms with E-state index in [1.807, 2.05) is 0 Å². The highest BCUT2D eigenvalue weighted by Gasteiger charge is 2.35. The van der Waals surface area contributed by atoms with Crippen molar-refractivity contribution in [2.45, 2.75) is 24.9 Å². The summed E-state index contributed by atoms with van der Waals surface area (Å²) >= 11 is 3.12. The average Bonchev–Trinajstić information content (AvgIpc) is 2.74. The Labute approximate surface area is 117 Å². The molecule has 0 bridgehead atoms. The second kappa shape index (κ2) is 5.83. The van der Waals surface area contributed by atoms with E-state index >= 15 is 0 Å². The molecular weight excluding hydrogens is 318 g/mol. The third-order valence-corrected chi connectivity index (χ3v) is 3.21. The van der Waals surface area contributed by atoms with Crippen molar-refractivity contribution >= 4 is 27.8 Å². The molecule has 19 heavy (non-hydrogen) atoms. The lowest BCUT2D eigenvalue weighted by Gasteiger charge is -2.15. The molecule has 1 aromatic rings. The van der Waals surface area contributed by atoms with Crippen molar-refractivity contribution in [2.24, 2.45) is 0 Å². The number of hydrogen-bond donors (Lipinski definition) is 3. The summed E-state index contributed by atoms with van der Waals surface area (Å²) in [6, 6.07) is 0. The highest BCUT2D eigenvalue weighted by Crippen LogP contribution is 2.27. The van der Waals surface area contributed by atoms with Crippen LogP contribution in [0.1, 0.15) is 18.2 Å². The van der Waals surface area contributed by atoms with Crippen molar-refractivity contribution in [1.29, 1.82) is 0 Å². The zero-order chi connectivity index (χ0) is 14.0. The van der Waals surface area contributed by atoms with E-state index < -0.39 is 24.1 Å². The maximum absolute atomic E-state index is 11.8. The lowest BCUT2D eigenvalue weighted by molar-refractivity contribution is -0.0458. The van der Waals surface area contributed by atoms with Crippen molar-refractivity contribution in [3.05, 3.63) is 27.2 Å². The van der Waals surface area contributed by atoms with Crippen LogP contribution in [-0.2, 0) is 4.74 Å². The van der Waals surface area contributed by atoms with Crippen LogP contribution in [0.5, 0.6) is 0 Å². The van der Waals surface area contributed by atoms with Gasteiger partial charge in [0, 0.05) is 18.2 Å². The van der Waals surface area contributed by atoms with Gasteiger partial charge in [-0.25, -0.2) is 4.79 Å². The SMILES string of the molecule is Nc1nc(=O)n([C@H]2C[C@@H](O)[C@H](CO)O2)cc1C=CBr. The van der Waals surface area contributed by atoms with E-state index in [0.717, 1.165) is 0 Å². The van der Waals surface area contributed by atoms with E-state index in [0.29, 0.717) is 5.56 Å². The summed E-state index contributed by atoms with van der Waals surface area (Å²) in [5.41, 5.74) is 5.63. The van der Waals surface area contributed by atoms with Gasteiger partial charge in [-0.3, -0.25) is 4.57 Å². The Morgan fingerprint density at radius 2 is 2.42 bits per heavy atom. The van der Waals surface area contributed by atoms with Gasteiger partial charge in [-0.1, -0.05) is 15.9 Å². The van der Waals surface area contributed by atoms with Gasteiger partial charge >= 0.3 is 5.69 Å². The van der Waals surface area contributed by atoms with E-state index in [-0.39, 0.29) is 18.8 Å². The summed E-state index contributed by atoms with van der Waals surface area (Å²) in [6.45, 7) is -0.303. The van der Waals surface area contributed by atoms with Crippen LogP contribution in [0.2, 0.25) is 0 Å². The smallest absolute Gasteiger partial charge is 0.351 e. The van der Waals surface area contributed by atoms with Crippen molar-refractivity contribution in [3.63, 3.8) is 0 Å². The predicted molar refractivity (Wildman–Crippen MR) is 72.5 cm³/mol. The molecule has 0 aromatic carbocycles. The Morgan fingerprint density at radius 3 is 3.00 bits per heavy atom. The van der Waals surface area contributed by atoms with Gasteiger partial charge in [0.25, 0.3) is 0 Å². The molecule has 8 heteroatoms. The fourth-order valence-electron chi connectivity index (χ4n) is 1.95. The molecule has 1 saturated heterocycles. The first-order valence-electron chi connectivity index (χ1n) is 5.66. The number of anilines is 1. The number of ether oxygens (including phenoxy) is 1. The molecule has 0 saturated carbocycles. The highest BCUT2D eigenvalue weighted by atomic mass is 79.9. The van der Waals surface area contributed by atoms with Crippen molar-refractivity contribution in [1.82, 2.24) is 9.55 Å². The van der Waals surface area contributed by atoms with Crippen LogP contribution in [0.3, 0.4) is 0 Å². The first-order valence-corrected chi connectivity index (χ1v) is 6.58. The average molecular weight is 332 g/mol. The number of rotatable bonds is 3. The molecule has 0 spiro atoms. The first kappa shape index (κ1) is 14.2. The molecule has 0 amide bonds. The fourth-order valence-corrected chi connectivity index (χ4v) is 2.23. The fraction of sp³-hybridized carbons (Fsp3) is 0.455. The van der Waals surface area contributed by atoms with E-state index in [2.05, 4.69) is 20.9 Å². The summed E-state index contributed by atoms with van der Waals surface area (Å²) in [4.78, 5) is 17.1. The second-order valence-corrected chi connectivity index (χ2v) is 4.71. The van der Waals surface area contributed by atoms with E-state index in [9.17, 15) is 9.90 Å². The number of halogens is 1. The van der Waals surface area contributed by atoms with Crippen LogP contribution in [0.15, 0.2) is 16.0 Å². The first-order chi connectivity index (χ1) is 9.06. The Hall–Kier alpha value is -1.22. The second-order valence-electron chi connectivity index (χ2n) is 4.18. The van der Waals surface area contributed by atoms with Gasteiger partial charge in [0.05, 0.1) is 12.7 Å². The van der Waals surface area contributed by atoms with E-state index in [1.54, 1.807) is 11.1 Å². The van der Waals surface area contributed by atoms with Gasteiger partial charge < -0.3 is 20.7 Å². The van der Waals surface area contributed by atoms with Gasteiger partial charge in [0.1, 0.15) is 18.1 Å². The molecule has 4 N–H and O–H groups in total. The summed E-state index contributed by atoms with van der Waals surface area (Å²) < 4.78 is 6.67. The van der Waals surface area contributed by atoms with Gasteiger partial charge in [-0.05, 0) is 11.1 Å². The quantitative estimate of drug-likeness (QED) is 0.709. The van der Waals surface area contributed by atoms with Crippen LogP contribution in [0.4, 0.5) is 5.82 Å². The highest BCUT2D eigenvalue weighted by molar-refractivity contribution is 9.11. The monoisotopic (exact) mass is 331 g/mol. The van der Waals surface area contributed by atoms with Crippen LogP contribution in [0.25, 0.3) is 6.08 Å². The van der Waals surface area contributed by atoms with Gasteiger partial charge in [-0.15, -0.1) is 0 Å². The molecular formula is C11H14BrN3O4. The Balaban J connectivity index is 2.35. The summed E-state index contributed by atoms with van der Waals surface area (Å²) in [5, 5.41) is 18.7. The molecule has 1 aliphatic rings. The van der Waals surface area contributed by atoms with E-state index in [4.69, 9.17) is 15.6 Å². The van der Waals surface area contributed by atoms with Crippen LogP contribution in [0, 0.1) is 0 Å². The summed E-state index contributed by atoms with van der Waals surface area (Å²) in [7, 11) is 0. The van der Waals surface area contributed by atoms with Crippen molar-refractivity contribution in [2.75, 3.05) is 12.3 Å². The summed E-state index contributed by atoms with van der Waals surface area (Å²) in [5.74, 6) is 0.120. The zero-order valence-electron chi connectivity index (χ0n) is 9.94. The molecule has 3 atom stereocenters. The Morgan fingerprint density at radius 1 is 1.68 bits per heavy atom. The largest absolute Gasteiger partial charge is 0.394 e. The normalized spacial score (nSPS) is 27.2. The van der Waals surface area contributed by atoms with Crippen LogP contribution >= 0.6 is 15.9 Å². The van der Waals surface area contributed by atoms with Crippen LogP contribution < -0.4 is 11.4 Å². The lowest BCUT2D eigenvalue weighted by atomic mass is 10.2. The molecule has 2 heterocycles. The molecule has 1 aliphatic heterocycles. The van der Waals surface area contributed by atoms with Gasteiger partial charge in [0.2, 0.25) is 0 Å². The Bertz CT molecular complexity index is 545. The maximum atomic E-state index is 11.8.